The van der Waals surface area contributed by atoms with Gasteiger partial charge in [0.25, 0.3) is 0 Å². The van der Waals surface area contributed by atoms with E-state index in [1.54, 1.807) is 0 Å². The van der Waals surface area contributed by atoms with Crippen LogP contribution in [0, 0.1) is 0 Å². The lowest BCUT2D eigenvalue weighted by Crippen LogP contribution is -1.59. The summed E-state index contributed by atoms with van der Waals surface area (Å²) in [5.41, 5.74) is 0. The topological polar surface area (TPSA) is 0 Å². The molecule has 0 N–H and O–H groups in total. The van der Waals surface area contributed by atoms with Crippen LogP contribution >= 0.6 is 0 Å². The first kappa shape index (κ1) is 9.73. The van der Waals surface area contributed by atoms with Gasteiger partial charge in [0, 0.05) is 0 Å². The third-order valence-corrected chi connectivity index (χ3v) is 0.707. The fraction of sp³-hybridized carbons (Fsp3) is 1.00. The highest BCUT2D eigenvalue weighted by molar-refractivity contribution is 5.75. The maximum Gasteiger partial charge on any atom is 0.187 e. The van der Waals surface area contributed by atoms with Gasteiger partial charge in [-0.25, -0.2) is 0 Å². The summed E-state index contributed by atoms with van der Waals surface area (Å²) in [6, 6.07) is 0. The first-order valence-electron chi connectivity index (χ1n) is 2.41. The van der Waals surface area contributed by atoms with Crippen molar-refractivity contribution in [3.8, 4) is 0 Å². The molecule has 38 valence electrons. The molecule has 0 aliphatic carbocycles. The summed E-state index contributed by atoms with van der Waals surface area (Å²) >= 11 is 0. The van der Waals surface area contributed by atoms with E-state index >= 15 is 0 Å². The van der Waals surface area contributed by atoms with E-state index in [0.717, 1.165) is 0 Å². The molecular formula is C5H15Al. The lowest BCUT2D eigenvalue weighted by atomic mass is 10.3. The Morgan fingerprint density at radius 1 is 1.00 bits per heavy atom. The van der Waals surface area contributed by atoms with E-state index in [-0.39, 0.29) is 17.4 Å². The third kappa shape index (κ3) is 8.82. The second kappa shape index (κ2) is 9.11. The van der Waals surface area contributed by atoms with E-state index in [1.165, 1.54) is 19.3 Å². The summed E-state index contributed by atoms with van der Waals surface area (Å²) in [5.74, 6) is 0. The molecule has 0 aromatic carbocycles. The summed E-state index contributed by atoms with van der Waals surface area (Å²) < 4.78 is 0. The largest absolute Gasteiger partial charge is 0.187 e. The molecule has 0 amide bonds. The Labute approximate surface area is 51.1 Å². The van der Waals surface area contributed by atoms with Crippen molar-refractivity contribution in [1.82, 2.24) is 0 Å². The van der Waals surface area contributed by atoms with Gasteiger partial charge in [0.05, 0.1) is 0 Å². The van der Waals surface area contributed by atoms with Crippen molar-refractivity contribution in [1.29, 1.82) is 0 Å². The zero-order valence-electron chi connectivity index (χ0n) is 4.12. The molecule has 0 unspecified atom stereocenters. The highest BCUT2D eigenvalue weighted by Crippen LogP contribution is 1.88. The van der Waals surface area contributed by atoms with Gasteiger partial charge < -0.3 is 0 Å². The van der Waals surface area contributed by atoms with Crippen LogP contribution in [0.4, 0.5) is 0 Å². The van der Waals surface area contributed by atoms with Crippen LogP contribution in [0.5, 0.6) is 0 Å². The molecule has 0 atom stereocenters. The van der Waals surface area contributed by atoms with Gasteiger partial charge in [0.1, 0.15) is 0 Å². The number of hydrogen-bond donors (Lipinski definition) is 0. The standard InChI is InChI=1S/C5H12.Al.3H/c1-3-5-4-2;;;;/h3-5H2,1-2H3;;;;. The Morgan fingerprint density at radius 3 is 1.33 bits per heavy atom. The summed E-state index contributed by atoms with van der Waals surface area (Å²) in [7, 11) is 0. The van der Waals surface area contributed by atoms with E-state index in [0.29, 0.717) is 0 Å². The van der Waals surface area contributed by atoms with Crippen LogP contribution in [0.3, 0.4) is 0 Å². The fourth-order valence-electron chi connectivity index (χ4n) is 0.354. The second-order valence-corrected chi connectivity index (χ2v) is 1.35. The first-order valence-corrected chi connectivity index (χ1v) is 2.41. The smallest absolute Gasteiger partial charge is 0.0654 e. The first-order chi connectivity index (χ1) is 2.41. The molecule has 1 heteroatoms. The van der Waals surface area contributed by atoms with Gasteiger partial charge in [-0.3, -0.25) is 0 Å². The van der Waals surface area contributed by atoms with Crippen molar-refractivity contribution in [2.45, 2.75) is 33.1 Å². The predicted molar refractivity (Wildman–Crippen MR) is 35.1 cm³/mol. The minimum absolute atomic E-state index is 0. The Kier molecular flexibility index (Phi) is 14.8. The highest BCUT2D eigenvalue weighted by atomic mass is 27.0. The van der Waals surface area contributed by atoms with Crippen LogP contribution in [0.1, 0.15) is 33.1 Å². The van der Waals surface area contributed by atoms with Crippen LogP contribution in [-0.4, -0.2) is 17.4 Å². The zero-order chi connectivity index (χ0) is 4.12. The summed E-state index contributed by atoms with van der Waals surface area (Å²) in [6.07, 6.45) is 4.08. The molecular weight excluding hydrogens is 87.0 g/mol. The number of unbranched alkanes of at least 4 members (excludes halogenated alkanes) is 2. The monoisotopic (exact) mass is 102 g/mol. The van der Waals surface area contributed by atoms with Crippen molar-refractivity contribution in [2.24, 2.45) is 0 Å². The second-order valence-electron chi connectivity index (χ2n) is 1.35. The SMILES string of the molecule is CCCCC.[AlH3]. The molecule has 0 nitrogen and oxygen atoms in total. The molecule has 0 aliphatic rings. The lowest BCUT2D eigenvalue weighted by Gasteiger charge is -1.79. The molecule has 0 saturated heterocycles. The summed E-state index contributed by atoms with van der Waals surface area (Å²) in [5, 5.41) is 0. The van der Waals surface area contributed by atoms with Crippen LogP contribution in [0.25, 0.3) is 0 Å². The van der Waals surface area contributed by atoms with Crippen LogP contribution in [0.2, 0.25) is 0 Å². The molecule has 0 fully saturated rings. The fourth-order valence-corrected chi connectivity index (χ4v) is 0.354. The summed E-state index contributed by atoms with van der Waals surface area (Å²) in [4.78, 5) is 0. The quantitative estimate of drug-likeness (QED) is 0.456. The molecule has 0 aromatic heterocycles. The third-order valence-electron chi connectivity index (χ3n) is 0.707. The van der Waals surface area contributed by atoms with Gasteiger partial charge in [-0.1, -0.05) is 33.1 Å². The van der Waals surface area contributed by atoms with E-state index in [2.05, 4.69) is 13.8 Å². The molecule has 6 heavy (non-hydrogen) atoms. The van der Waals surface area contributed by atoms with Crippen LogP contribution in [-0.2, 0) is 0 Å². The maximum absolute atomic E-state index is 2.21. The van der Waals surface area contributed by atoms with Crippen molar-refractivity contribution in [2.75, 3.05) is 0 Å². The molecule has 0 aromatic rings. The number of rotatable bonds is 2. The normalized spacial score (nSPS) is 7.00. The highest BCUT2D eigenvalue weighted by Gasteiger charge is 1.68. The Bertz CT molecular complexity index is 11.4. The van der Waals surface area contributed by atoms with E-state index in [9.17, 15) is 0 Å². The van der Waals surface area contributed by atoms with Crippen molar-refractivity contribution in [3.05, 3.63) is 0 Å². The van der Waals surface area contributed by atoms with Gasteiger partial charge in [-0.05, 0) is 0 Å². The Hall–Kier alpha value is 0.532. The van der Waals surface area contributed by atoms with Gasteiger partial charge in [-0.15, -0.1) is 0 Å². The van der Waals surface area contributed by atoms with Gasteiger partial charge in [0.2, 0.25) is 0 Å². The average Bonchev–Trinajstić information content (AvgIpc) is 1.41. The summed E-state index contributed by atoms with van der Waals surface area (Å²) in [6.45, 7) is 4.42. The lowest BCUT2D eigenvalue weighted by molar-refractivity contribution is 0.772. The van der Waals surface area contributed by atoms with Crippen LogP contribution < -0.4 is 0 Å². The average molecular weight is 102 g/mol. The predicted octanol–water partition coefficient (Wildman–Crippen LogP) is 1.01. The van der Waals surface area contributed by atoms with Crippen LogP contribution in [0.15, 0.2) is 0 Å². The molecule has 0 heterocycles. The van der Waals surface area contributed by atoms with E-state index < -0.39 is 0 Å². The van der Waals surface area contributed by atoms with E-state index in [1.807, 2.05) is 0 Å². The maximum atomic E-state index is 2.21. The van der Waals surface area contributed by atoms with Crippen molar-refractivity contribution >= 4 is 17.4 Å². The molecule has 0 aliphatic heterocycles. The number of hydrogen-bond acceptors (Lipinski definition) is 0. The minimum Gasteiger partial charge on any atom is -0.0654 e. The molecule has 0 radical (unpaired) electrons. The minimum atomic E-state index is 0. The zero-order valence-corrected chi connectivity index (χ0v) is 4.12. The van der Waals surface area contributed by atoms with Gasteiger partial charge >= 0.3 is 0 Å². The van der Waals surface area contributed by atoms with Crippen molar-refractivity contribution in [3.63, 3.8) is 0 Å². The molecule has 0 bridgehead atoms. The molecule has 0 rings (SSSR count). The Balaban J connectivity index is 0. The molecule has 0 spiro atoms. The van der Waals surface area contributed by atoms with E-state index in [4.69, 9.17) is 0 Å². The van der Waals surface area contributed by atoms with Gasteiger partial charge in [0.15, 0.2) is 17.4 Å². The molecule has 0 saturated carbocycles. The Morgan fingerprint density at radius 2 is 1.33 bits per heavy atom. The van der Waals surface area contributed by atoms with Gasteiger partial charge in [-0.2, -0.15) is 0 Å². The van der Waals surface area contributed by atoms with Crippen molar-refractivity contribution < 1.29 is 0 Å².